The molecule has 1 aromatic heterocycles. The van der Waals surface area contributed by atoms with E-state index in [1.807, 2.05) is 17.9 Å². The van der Waals surface area contributed by atoms with E-state index in [0.29, 0.717) is 48.5 Å². The van der Waals surface area contributed by atoms with Gasteiger partial charge in [0.25, 0.3) is 0 Å². The van der Waals surface area contributed by atoms with Crippen LogP contribution in [0.3, 0.4) is 0 Å². The fourth-order valence-corrected chi connectivity index (χ4v) is 5.32. The molecule has 0 unspecified atom stereocenters. The zero-order valence-electron chi connectivity index (χ0n) is 18.8. The lowest BCUT2D eigenvalue weighted by atomic mass is 9.63. The summed E-state index contributed by atoms with van der Waals surface area (Å²) in [6.45, 7) is 2.88. The molecule has 3 aliphatic rings. The SMILES string of the molecule is COc1cc(-c2ccc(C#N)cn2)cc(C)c1C1C(=O)CC2(CC1=O)CN(C(=O)C1CC1)C2. The summed E-state index contributed by atoms with van der Waals surface area (Å²) >= 11 is 0. The molecular weight excluding hydrogens is 418 g/mol. The Morgan fingerprint density at radius 2 is 1.88 bits per heavy atom. The van der Waals surface area contributed by atoms with E-state index in [1.165, 1.54) is 13.3 Å². The molecule has 0 bridgehead atoms. The smallest absolute Gasteiger partial charge is 0.225 e. The second-order valence-electron chi connectivity index (χ2n) is 9.64. The third-order valence-electron chi connectivity index (χ3n) is 7.08. The standard InChI is InChI=1S/C26H25N3O4/c1-15-7-18(19-6-3-16(11-27)12-28-19)8-22(33-2)23(15)24-20(30)9-26(10-21(24)31)13-29(14-26)25(32)17-4-5-17/h3,6-8,12,17,24H,4-5,9-10,13-14H2,1-2H3. The van der Waals surface area contributed by atoms with Crippen molar-refractivity contribution >= 4 is 17.5 Å². The first-order chi connectivity index (χ1) is 15.8. The maximum Gasteiger partial charge on any atom is 0.225 e. The first-order valence-corrected chi connectivity index (χ1v) is 11.2. The Labute approximate surface area is 192 Å². The van der Waals surface area contributed by atoms with Crippen molar-refractivity contribution in [2.24, 2.45) is 11.3 Å². The van der Waals surface area contributed by atoms with E-state index >= 15 is 0 Å². The van der Waals surface area contributed by atoms with Gasteiger partial charge in [-0.25, -0.2) is 0 Å². The molecule has 1 amide bonds. The fraction of sp³-hybridized carbons (Fsp3) is 0.423. The van der Waals surface area contributed by atoms with Gasteiger partial charge in [-0.15, -0.1) is 0 Å². The number of methoxy groups -OCH3 is 1. The summed E-state index contributed by atoms with van der Waals surface area (Å²) in [5, 5.41) is 8.99. The highest BCUT2D eigenvalue weighted by molar-refractivity contribution is 6.11. The Kier molecular flexibility index (Phi) is 5.04. The Hall–Kier alpha value is -3.53. The van der Waals surface area contributed by atoms with Crippen molar-refractivity contribution in [3.8, 4) is 23.1 Å². The van der Waals surface area contributed by atoms with Crippen LogP contribution in [-0.4, -0.2) is 47.6 Å². The van der Waals surface area contributed by atoms with Crippen molar-refractivity contribution in [3.05, 3.63) is 47.2 Å². The van der Waals surface area contributed by atoms with Gasteiger partial charge in [-0.1, -0.05) is 0 Å². The second kappa shape index (κ2) is 7.80. The maximum atomic E-state index is 13.3. The first-order valence-electron chi connectivity index (χ1n) is 11.2. The van der Waals surface area contributed by atoms with Crippen LogP contribution in [0.2, 0.25) is 0 Å². The minimum absolute atomic E-state index is 0.101. The number of Topliss-reactive ketones (excluding diaryl/α,β-unsaturated/α-hetero) is 2. The predicted octanol–water partition coefficient (Wildman–Crippen LogP) is 3.19. The molecule has 0 radical (unpaired) electrons. The number of aryl methyl sites for hydroxylation is 1. The van der Waals surface area contributed by atoms with E-state index in [2.05, 4.69) is 11.1 Å². The van der Waals surface area contributed by atoms with Crippen molar-refractivity contribution in [1.82, 2.24) is 9.88 Å². The van der Waals surface area contributed by atoms with Gasteiger partial charge in [0, 0.05) is 54.6 Å². The van der Waals surface area contributed by atoms with Gasteiger partial charge in [-0.05, 0) is 49.6 Å². The molecule has 3 fully saturated rings. The van der Waals surface area contributed by atoms with Crippen LogP contribution in [0.5, 0.6) is 5.75 Å². The number of carbonyl (C=O) groups is 3. The minimum Gasteiger partial charge on any atom is -0.496 e. The molecule has 7 nitrogen and oxygen atoms in total. The number of hydrogen-bond donors (Lipinski definition) is 0. The zero-order chi connectivity index (χ0) is 23.3. The summed E-state index contributed by atoms with van der Waals surface area (Å²) in [4.78, 5) is 45.0. The van der Waals surface area contributed by atoms with E-state index in [9.17, 15) is 14.4 Å². The van der Waals surface area contributed by atoms with Crippen LogP contribution in [0, 0.1) is 29.6 Å². The lowest BCUT2D eigenvalue weighted by Gasteiger charge is -2.52. The number of amides is 1. The summed E-state index contributed by atoms with van der Waals surface area (Å²) in [5.74, 6) is -0.237. The lowest BCUT2D eigenvalue weighted by Crippen LogP contribution is -2.62. The number of aromatic nitrogens is 1. The monoisotopic (exact) mass is 443 g/mol. The zero-order valence-corrected chi connectivity index (χ0v) is 18.8. The Morgan fingerprint density at radius 3 is 2.42 bits per heavy atom. The molecule has 1 saturated heterocycles. The molecule has 7 heteroatoms. The van der Waals surface area contributed by atoms with Gasteiger partial charge in [0.1, 0.15) is 29.3 Å². The van der Waals surface area contributed by atoms with Crippen molar-refractivity contribution in [1.29, 1.82) is 5.26 Å². The summed E-state index contributed by atoms with van der Waals surface area (Å²) in [6, 6.07) is 9.20. The van der Waals surface area contributed by atoms with Crippen LogP contribution in [0.25, 0.3) is 11.3 Å². The highest BCUT2D eigenvalue weighted by atomic mass is 16.5. The van der Waals surface area contributed by atoms with Gasteiger partial charge in [0.2, 0.25) is 5.91 Å². The average molecular weight is 444 g/mol. The minimum atomic E-state index is -0.846. The van der Waals surface area contributed by atoms with Crippen LogP contribution < -0.4 is 4.74 Å². The number of ether oxygens (including phenoxy) is 1. The van der Waals surface area contributed by atoms with E-state index < -0.39 is 11.3 Å². The summed E-state index contributed by atoms with van der Waals surface area (Å²) in [6.07, 6.45) is 4.03. The second-order valence-corrected chi connectivity index (χ2v) is 9.64. The van der Waals surface area contributed by atoms with Gasteiger partial charge >= 0.3 is 0 Å². The van der Waals surface area contributed by atoms with Crippen molar-refractivity contribution in [3.63, 3.8) is 0 Å². The average Bonchev–Trinajstić information content (AvgIpc) is 3.62. The van der Waals surface area contributed by atoms with Crippen LogP contribution >= 0.6 is 0 Å². The van der Waals surface area contributed by atoms with Crippen molar-refractivity contribution < 1.29 is 19.1 Å². The molecule has 5 rings (SSSR count). The normalized spacial score (nSPS) is 19.8. The molecule has 168 valence electrons. The molecule has 0 atom stereocenters. The molecule has 2 saturated carbocycles. The number of pyridine rings is 1. The van der Waals surface area contributed by atoms with Gasteiger partial charge in [-0.2, -0.15) is 5.26 Å². The highest BCUT2D eigenvalue weighted by Crippen LogP contribution is 2.48. The van der Waals surface area contributed by atoms with Crippen molar-refractivity contribution in [2.45, 2.75) is 38.5 Å². The number of nitriles is 1. The molecule has 2 aliphatic carbocycles. The largest absolute Gasteiger partial charge is 0.496 e. The molecule has 1 aromatic carbocycles. The topological polar surface area (TPSA) is 100 Å². The third kappa shape index (κ3) is 3.70. The van der Waals surface area contributed by atoms with E-state index in [1.54, 1.807) is 18.2 Å². The van der Waals surface area contributed by atoms with E-state index in [4.69, 9.17) is 10.00 Å². The predicted molar refractivity (Wildman–Crippen MR) is 119 cm³/mol. The highest BCUT2D eigenvalue weighted by Gasteiger charge is 2.54. The molecule has 1 spiro atoms. The van der Waals surface area contributed by atoms with Gasteiger partial charge in [0.15, 0.2) is 0 Å². The molecule has 2 heterocycles. The lowest BCUT2D eigenvalue weighted by molar-refractivity contribution is -0.155. The summed E-state index contributed by atoms with van der Waals surface area (Å²) in [5.41, 5.74) is 2.94. The van der Waals surface area contributed by atoms with Crippen LogP contribution in [-0.2, 0) is 14.4 Å². The van der Waals surface area contributed by atoms with E-state index in [0.717, 1.165) is 24.0 Å². The Morgan fingerprint density at radius 1 is 1.18 bits per heavy atom. The Balaban J connectivity index is 1.39. The van der Waals surface area contributed by atoms with Crippen molar-refractivity contribution in [2.75, 3.05) is 20.2 Å². The van der Waals surface area contributed by atoms with Gasteiger partial charge in [0.05, 0.1) is 18.4 Å². The third-order valence-corrected chi connectivity index (χ3v) is 7.08. The Bertz CT molecular complexity index is 1180. The summed E-state index contributed by atoms with van der Waals surface area (Å²) < 4.78 is 5.62. The number of hydrogen-bond acceptors (Lipinski definition) is 6. The molecule has 2 aromatic rings. The van der Waals surface area contributed by atoms with Crippen LogP contribution in [0.4, 0.5) is 0 Å². The quantitative estimate of drug-likeness (QED) is 0.673. The number of ketones is 2. The molecular formula is C26H25N3O4. The van der Waals surface area contributed by atoms with Crippen LogP contribution in [0.15, 0.2) is 30.5 Å². The number of nitrogens with zero attached hydrogens (tertiary/aromatic N) is 3. The fourth-order valence-electron chi connectivity index (χ4n) is 5.32. The first kappa shape index (κ1) is 21.3. The summed E-state index contributed by atoms with van der Waals surface area (Å²) in [7, 11) is 1.53. The van der Waals surface area contributed by atoms with E-state index in [-0.39, 0.29) is 23.4 Å². The number of likely N-dealkylation sites (tertiary alicyclic amines) is 1. The molecule has 33 heavy (non-hydrogen) atoms. The van der Waals surface area contributed by atoms with Gasteiger partial charge < -0.3 is 9.64 Å². The number of benzene rings is 1. The van der Waals surface area contributed by atoms with Crippen LogP contribution in [0.1, 0.15) is 48.3 Å². The maximum absolute atomic E-state index is 13.3. The molecule has 0 N–H and O–H groups in total. The molecule has 1 aliphatic heterocycles. The van der Waals surface area contributed by atoms with Gasteiger partial charge in [-0.3, -0.25) is 19.4 Å². The number of rotatable bonds is 4. The number of carbonyl (C=O) groups excluding carboxylic acids is 3.